The summed E-state index contributed by atoms with van der Waals surface area (Å²) in [6.07, 6.45) is 16.2. The zero-order valence-electron chi connectivity index (χ0n) is 24.6. The van der Waals surface area contributed by atoms with Gasteiger partial charge in [0.25, 0.3) is 0 Å². The molecule has 4 rings (SSSR count). The number of rotatable bonds is 11. The molecule has 3 aromatic rings. The molecule has 0 spiro atoms. The predicted octanol–water partition coefficient (Wildman–Crippen LogP) is 9.86. The molecule has 1 aliphatic carbocycles. The van der Waals surface area contributed by atoms with E-state index in [4.69, 9.17) is 0 Å². The highest BCUT2D eigenvalue weighted by Gasteiger charge is 2.29. The highest BCUT2D eigenvalue weighted by Crippen LogP contribution is 2.41. The zero-order chi connectivity index (χ0) is 27.8. The van der Waals surface area contributed by atoms with Gasteiger partial charge in [0.15, 0.2) is 5.78 Å². The third-order valence-corrected chi connectivity index (χ3v) is 9.37. The fourth-order valence-electron chi connectivity index (χ4n) is 6.80. The van der Waals surface area contributed by atoms with E-state index >= 15 is 0 Å². The van der Waals surface area contributed by atoms with Gasteiger partial charge in [-0.15, -0.1) is 0 Å². The summed E-state index contributed by atoms with van der Waals surface area (Å²) in [5, 5.41) is 0. The Morgan fingerprint density at radius 2 is 1.72 bits per heavy atom. The van der Waals surface area contributed by atoms with E-state index in [-0.39, 0.29) is 0 Å². The molecule has 2 heteroatoms. The third-order valence-electron chi connectivity index (χ3n) is 9.37. The van der Waals surface area contributed by atoms with Crippen LogP contribution in [0.4, 0.5) is 0 Å². The molecule has 206 valence electrons. The lowest BCUT2D eigenvalue weighted by atomic mass is 9.77. The number of hydrogen-bond acceptors (Lipinski definition) is 2. The van der Waals surface area contributed by atoms with E-state index in [2.05, 4.69) is 87.9 Å². The average molecular weight is 522 g/mol. The van der Waals surface area contributed by atoms with Crippen molar-refractivity contribution in [3.05, 3.63) is 106 Å². The van der Waals surface area contributed by atoms with Crippen molar-refractivity contribution < 1.29 is 4.79 Å². The summed E-state index contributed by atoms with van der Waals surface area (Å²) in [6.45, 7) is 12.7. The van der Waals surface area contributed by atoms with Crippen molar-refractivity contribution in [2.45, 2.75) is 91.4 Å². The summed E-state index contributed by atoms with van der Waals surface area (Å²) < 4.78 is 0. The first kappa shape index (κ1) is 29.0. The van der Waals surface area contributed by atoms with Crippen LogP contribution < -0.4 is 0 Å². The minimum Gasteiger partial charge on any atom is -0.294 e. The maximum atomic E-state index is 12.8. The molecule has 0 radical (unpaired) electrons. The summed E-state index contributed by atoms with van der Waals surface area (Å²) in [4.78, 5) is 17.3. The topological polar surface area (TPSA) is 30.0 Å². The van der Waals surface area contributed by atoms with Crippen molar-refractivity contribution in [3.63, 3.8) is 0 Å². The molecular formula is C37H47NO. The average Bonchev–Trinajstić information content (AvgIpc) is 3.19. The fourth-order valence-corrected chi connectivity index (χ4v) is 6.80. The van der Waals surface area contributed by atoms with Gasteiger partial charge in [-0.25, -0.2) is 0 Å². The number of aryl methyl sites for hydroxylation is 3. The van der Waals surface area contributed by atoms with E-state index in [0.29, 0.717) is 30.0 Å². The smallest absolute Gasteiger partial charge is 0.163 e. The van der Waals surface area contributed by atoms with Gasteiger partial charge in [-0.2, -0.15) is 0 Å². The first-order valence-corrected chi connectivity index (χ1v) is 15.1. The summed E-state index contributed by atoms with van der Waals surface area (Å²) >= 11 is 0. The van der Waals surface area contributed by atoms with Crippen LogP contribution in [0.25, 0.3) is 6.08 Å². The summed E-state index contributed by atoms with van der Waals surface area (Å²) in [5.74, 6) is 2.92. The van der Waals surface area contributed by atoms with Crippen LogP contribution in [-0.4, -0.2) is 10.8 Å². The number of nitrogens with zero attached hydrogens (tertiary/aromatic N) is 1. The lowest BCUT2D eigenvalue weighted by Gasteiger charge is -2.28. The molecule has 0 saturated heterocycles. The minimum atomic E-state index is 0.302. The van der Waals surface area contributed by atoms with E-state index in [1.807, 2.05) is 18.3 Å². The van der Waals surface area contributed by atoms with Crippen LogP contribution >= 0.6 is 0 Å². The van der Waals surface area contributed by atoms with Gasteiger partial charge >= 0.3 is 0 Å². The van der Waals surface area contributed by atoms with E-state index in [0.717, 1.165) is 36.3 Å². The second-order valence-corrected chi connectivity index (χ2v) is 12.1. The van der Waals surface area contributed by atoms with Crippen molar-refractivity contribution >= 4 is 11.9 Å². The van der Waals surface area contributed by atoms with Gasteiger partial charge in [-0.3, -0.25) is 9.78 Å². The Hall–Kier alpha value is -3.00. The normalized spacial score (nSPS) is 19.2. The van der Waals surface area contributed by atoms with Gasteiger partial charge < -0.3 is 0 Å². The van der Waals surface area contributed by atoms with Crippen LogP contribution in [0, 0.1) is 38.5 Å². The second kappa shape index (κ2) is 13.9. The predicted molar refractivity (Wildman–Crippen MR) is 165 cm³/mol. The Morgan fingerprint density at radius 3 is 2.44 bits per heavy atom. The molecule has 4 atom stereocenters. The van der Waals surface area contributed by atoms with Crippen LogP contribution in [0.1, 0.15) is 108 Å². The summed E-state index contributed by atoms with van der Waals surface area (Å²) in [6, 6.07) is 17.4. The SMILES string of the molecule is C=Cc1ccc(C(Cc2cnccc2C)C2CCCC([C@H](C)CCCC(=O)c3ccc(C)cc3C)CC2)cc1. The Bertz CT molecular complexity index is 1240. The van der Waals surface area contributed by atoms with Gasteiger partial charge in [0.2, 0.25) is 0 Å². The van der Waals surface area contributed by atoms with Crippen molar-refractivity contribution in [1.82, 2.24) is 4.98 Å². The van der Waals surface area contributed by atoms with Crippen LogP contribution in [0.15, 0.2) is 67.5 Å². The quantitative estimate of drug-likeness (QED) is 0.186. The number of Topliss-reactive ketones (excluding diaryl/α,β-unsaturated/α-hetero) is 1. The van der Waals surface area contributed by atoms with Gasteiger partial charge in [0, 0.05) is 24.4 Å². The van der Waals surface area contributed by atoms with E-state index in [9.17, 15) is 4.79 Å². The van der Waals surface area contributed by atoms with Crippen LogP contribution in [-0.2, 0) is 6.42 Å². The molecule has 1 aromatic heterocycles. The number of ketones is 1. The highest BCUT2D eigenvalue weighted by atomic mass is 16.1. The van der Waals surface area contributed by atoms with Gasteiger partial charge in [0.05, 0.1) is 0 Å². The minimum absolute atomic E-state index is 0.302. The van der Waals surface area contributed by atoms with Crippen LogP contribution in [0.2, 0.25) is 0 Å². The van der Waals surface area contributed by atoms with Crippen molar-refractivity contribution in [2.24, 2.45) is 17.8 Å². The molecule has 0 N–H and O–H groups in total. The molecule has 3 unspecified atom stereocenters. The zero-order valence-corrected chi connectivity index (χ0v) is 24.6. The lowest BCUT2D eigenvalue weighted by molar-refractivity contribution is 0.0975. The maximum absolute atomic E-state index is 12.8. The number of pyridine rings is 1. The number of carbonyl (C=O) groups is 1. The number of carbonyl (C=O) groups excluding carboxylic acids is 1. The molecule has 39 heavy (non-hydrogen) atoms. The number of hydrogen-bond donors (Lipinski definition) is 0. The molecular weight excluding hydrogens is 474 g/mol. The Labute approximate surface area is 237 Å². The molecule has 0 aliphatic heterocycles. The molecule has 2 nitrogen and oxygen atoms in total. The molecule has 0 amide bonds. The number of benzene rings is 2. The Kier molecular flexibility index (Phi) is 10.3. The van der Waals surface area contributed by atoms with E-state index in [1.54, 1.807) is 0 Å². The second-order valence-electron chi connectivity index (χ2n) is 12.1. The monoisotopic (exact) mass is 521 g/mol. The standard InChI is InChI=1S/C37H47NO/c1-6-30-14-16-33(17-15-30)36(24-34-25-38-22-21-28(34)4)32-11-8-10-31(18-19-32)27(3)9-7-12-37(39)35-20-13-26(2)23-29(35)5/h6,13-17,20-23,25,27,31-32,36H,1,7-12,18-19,24H2,2-5H3/t27-,31?,32?,36?/m1/s1. The molecule has 1 heterocycles. The van der Waals surface area contributed by atoms with E-state index in [1.165, 1.54) is 59.9 Å². The largest absolute Gasteiger partial charge is 0.294 e. The van der Waals surface area contributed by atoms with Gasteiger partial charge in [0.1, 0.15) is 0 Å². The highest BCUT2D eigenvalue weighted by molar-refractivity contribution is 5.97. The Balaban J connectivity index is 1.37. The summed E-state index contributed by atoms with van der Waals surface area (Å²) in [5.41, 5.74) is 8.58. The van der Waals surface area contributed by atoms with Crippen molar-refractivity contribution in [1.29, 1.82) is 0 Å². The fraction of sp³-hybridized carbons (Fsp3) is 0.459. The molecule has 0 bridgehead atoms. The maximum Gasteiger partial charge on any atom is 0.163 e. The molecule has 1 fully saturated rings. The van der Waals surface area contributed by atoms with Gasteiger partial charge in [-0.1, -0.05) is 86.9 Å². The van der Waals surface area contributed by atoms with Gasteiger partial charge in [-0.05, 0) is 110 Å². The van der Waals surface area contributed by atoms with Crippen molar-refractivity contribution in [2.75, 3.05) is 0 Å². The summed E-state index contributed by atoms with van der Waals surface area (Å²) in [7, 11) is 0. The molecule has 1 saturated carbocycles. The molecule has 1 aliphatic rings. The van der Waals surface area contributed by atoms with Crippen LogP contribution in [0.3, 0.4) is 0 Å². The number of aromatic nitrogens is 1. The first-order chi connectivity index (χ1) is 18.9. The van der Waals surface area contributed by atoms with E-state index < -0.39 is 0 Å². The third kappa shape index (κ3) is 7.78. The Morgan fingerprint density at radius 1 is 0.974 bits per heavy atom. The lowest BCUT2D eigenvalue weighted by Crippen LogP contribution is -2.17. The van der Waals surface area contributed by atoms with Crippen molar-refractivity contribution in [3.8, 4) is 0 Å². The first-order valence-electron chi connectivity index (χ1n) is 15.1. The van der Waals surface area contributed by atoms with Crippen LogP contribution in [0.5, 0.6) is 0 Å². The molecule has 2 aromatic carbocycles.